The normalized spacial score (nSPS) is 11.2. The molecule has 0 unspecified atom stereocenters. The lowest BCUT2D eigenvalue weighted by molar-refractivity contribution is -0.127. The van der Waals surface area contributed by atoms with Crippen LogP contribution >= 0.6 is 27.5 Å². The molecule has 1 rings (SSSR count). The van der Waals surface area contributed by atoms with Gasteiger partial charge in [0.2, 0.25) is 5.91 Å². The molecular formula is C14H20BrClN4O. The number of nitrogens with one attached hydrogen (secondary N) is 2. The van der Waals surface area contributed by atoms with Gasteiger partial charge < -0.3 is 15.5 Å². The highest BCUT2D eigenvalue weighted by atomic mass is 79.9. The third-order valence-corrected chi connectivity index (χ3v) is 3.52. The number of halogens is 2. The van der Waals surface area contributed by atoms with Crippen LogP contribution in [0.2, 0.25) is 5.02 Å². The SMILES string of the molecule is CCNC(=NCc1ccc(Br)cc1Cl)NCC(=O)N(C)C. The minimum absolute atomic E-state index is 0.0118. The molecule has 5 nitrogen and oxygen atoms in total. The number of hydrogen-bond acceptors (Lipinski definition) is 2. The molecule has 1 amide bonds. The minimum atomic E-state index is -0.0118. The molecule has 116 valence electrons. The Balaban J connectivity index is 2.68. The summed E-state index contributed by atoms with van der Waals surface area (Å²) in [5.41, 5.74) is 0.927. The molecule has 0 aromatic heterocycles. The average Bonchev–Trinajstić information content (AvgIpc) is 2.42. The topological polar surface area (TPSA) is 56.7 Å². The first-order valence-electron chi connectivity index (χ1n) is 6.60. The van der Waals surface area contributed by atoms with Gasteiger partial charge in [-0.3, -0.25) is 4.79 Å². The van der Waals surface area contributed by atoms with Crippen LogP contribution in [0.15, 0.2) is 27.7 Å². The predicted molar refractivity (Wildman–Crippen MR) is 90.7 cm³/mol. The van der Waals surface area contributed by atoms with Crippen molar-refractivity contribution in [3.8, 4) is 0 Å². The molecule has 0 aliphatic heterocycles. The number of hydrogen-bond donors (Lipinski definition) is 2. The summed E-state index contributed by atoms with van der Waals surface area (Å²) in [6, 6.07) is 5.68. The van der Waals surface area contributed by atoms with E-state index in [4.69, 9.17) is 11.6 Å². The molecule has 0 radical (unpaired) electrons. The summed E-state index contributed by atoms with van der Waals surface area (Å²) < 4.78 is 0.932. The lowest BCUT2D eigenvalue weighted by Gasteiger charge is -2.14. The Morgan fingerprint density at radius 3 is 2.67 bits per heavy atom. The highest BCUT2D eigenvalue weighted by Crippen LogP contribution is 2.21. The Hall–Kier alpha value is -1.27. The van der Waals surface area contributed by atoms with Crippen molar-refractivity contribution >= 4 is 39.4 Å². The summed E-state index contributed by atoms with van der Waals surface area (Å²) in [5.74, 6) is 0.578. The van der Waals surface area contributed by atoms with E-state index in [9.17, 15) is 4.79 Å². The van der Waals surface area contributed by atoms with Crippen molar-refractivity contribution in [2.75, 3.05) is 27.2 Å². The summed E-state index contributed by atoms with van der Waals surface area (Å²) >= 11 is 9.53. The summed E-state index contributed by atoms with van der Waals surface area (Å²) in [5, 5.41) is 6.75. The molecule has 0 heterocycles. The van der Waals surface area contributed by atoms with Crippen LogP contribution in [-0.4, -0.2) is 44.0 Å². The molecule has 0 fully saturated rings. The number of carbonyl (C=O) groups excluding carboxylic acids is 1. The molecule has 0 saturated carbocycles. The Labute approximate surface area is 138 Å². The van der Waals surface area contributed by atoms with Gasteiger partial charge in [-0.15, -0.1) is 0 Å². The highest BCUT2D eigenvalue weighted by Gasteiger charge is 2.06. The Morgan fingerprint density at radius 2 is 2.10 bits per heavy atom. The number of carbonyl (C=O) groups is 1. The van der Waals surface area contributed by atoms with Crippen LogP contribution in [-0.2, 0) is 11.3 Å². The third-order valence-electron chi connectivity index (χ3n) is 2.67. The van der Waals surface area contributed by atoms with Crippen molar-refractivity contribution in [1.29, 1.82) is 0 Å². The second-order valence-electron chi connectivity index (χ2n) is 4.57. The quantitative estimate of drug-likeness (QED) is 0.613. The zero-order valence-corrected chi connectivity index (χ0v) is 14.8. The first-order valence-corrected chi connectivity index (χ1v) is 7.77. The lowest BCUT2D eigenvalue weighted by Crippen LogP contribution is -2.42. The first kappa shape index (κ1) is 17.8. The van der Waals surface area contributed by atoms with E-state index in [0.717, 1.165) is 16.6 Å². The van der Waals surface area contributed by atoms with Gasteiger partial charge in [-0.25, -0.2) is 4.99 Å². The van der Waals surface area contributed by atoms with E-state index < -0.39 is 0 Å². The minimum Gasteiger partial charge on any atom is -0.357 e. The molecule has 21 heavy (non-hydrogen) atoms. The molecule has 0 aliphatic carbocycles. The van der Waals surface area contributed by atoms with Gasteiger partial charge in [0.25, 0.3) is 0 Å². The number of nitrogens with zero attached hydrogens (tertiary/aromatic N) is 2. The monoisotopic (exact) mass is 374 g/mol. The molecule has 0 atom stereocenters. The fourth-order valence-electron chi connectivity index (χ4n) is 1.47. The fraction of sp³-hybridized carbons (Fsp3) is 0.429. The number of benzene rings is 1. The number of aliphatic imine (C=N–C) groups is 1. The van der Waals surface area contributed by atoms with Crippen molar-refractivity contribution < 1.29 is 4.79 Å². The molecule has 2 N–H and O–H groups in total. The van der Waals surface area contributed by atoms with Gasteiger partial charge in [0, 0.05) is 30.1 Å². The maximum absolute atomic E-state index is 11.6. The largest absolute Gasteiger partial charge is 0.357 e. The van der Waals surface area contributed by atoms with Crippen LogP contribution in [0.1, 0.15) is 12.5 Å². The van der Waals surface area contributed by atoms with Crippen LogP contribution in [0.25, 0.3) is 0 Å². The smallest absolute Gasteiger partial charge is 0.241 e. The molecule has 1 aromatic carbocycles. The van der Waals surface area contributed by atoms with Crippen molar-refractivity contribution in [3.05, 3.63) is 33.3 Å². The lowest BCUT2D eigenvalue weighted by atomic mass is 10.2. The predicted octanol–water partition coefficient (Wildman–Crippen LogP) is 2.25. The van der Waals surface area contributed by atoms with Gasteiger partial charge >= 0.3 is 0 Å². The van der Waals surface area contributed by atoms with Crippen LogP contribution in [0.4, 0.5) is 0 Å². The van der Waals surface area contributed by atoms with Crippen molar-refractivity contribution in [2.45, 2.75) is 13.5 Å². The number of likely N-dealkylation sites (N-methyl/N-ethyl adjacent to an activating group) is 1. The first-order chi connectivity index (χ1) is 9.93. The summed E-state index contributed by atoms with van der Waals surface area (Å²) in [6.07, 6.45) is 0. The van der Waals surface area contributed by atoms with E-state index in [1.165, 1.54) is 4.90 Å². The fourth-order valence-corrected chi connectivity index (χ4v) is 2.21. The molecule has 0 saturated heterocycles. The number of amides is 1. The summed E-state index contributed by atoms with van der Waals surface area (Å²) in [4.78, 5) is 17.5. The average molecular weight is 376 g/mol. The zero-order chi connectivity index (χ0) is 15.8. The van der Waals surface area contributed by atoms with E-state index in [-0.39, 0.29) is 12.5 Å². The van der Waals surface area contributed by atoms with E-state index in [1.54, 1.807) is 14.1 Å². The van der Waals surface area contributed by atoms with Gasteiger partial charge in [-0.2, -0.15) is 0 Å². The van der Waals surface area contributed by atoms with E-state index in [1.807, 2.05) is 25.1 Å². The number of rotatable bonds is 5. The molecule has 7 heteroatoms. The molecule has 0 bridgehead atoms. The van der Waals surface area contributed by atoms with Crippen LogP contribution in [0.5, 0.6) is 0 Å². The maximum Gasteiger partial charge on any atom is 0.241 e. The third kappa shape index (κ3) is 6.35. The van der Waals surface area contributed by atoms with Crippen molar-refractivity contribution in [3.63, 3.8) is 0 Å². The Morgan fingerprint density at radius 1 is 1.38 bits per heavy atom. The van der Waals surface area contributed by atoms with Gasteiger partial charge in [0.15, 0.2) is 5.96 Å². The van der Waals surface area contributed by atoms with Crippen molar-refractivity contribution in [1.82, 2.24) is 15.5 Å². The standard InChI is InChI=1S/C14H20BrClN4O/c1-4-17-14(19-9-13(21)20(2)3)18-8-10-5-6-11(15)7-12(10)16/h5-7H,4,8-9H2,1-3H3,(H2,17,18,19). The molecular weight excluding hydrogens is 356 g/mol. The highest BCUT2D eigenvalue weighted by molar-refractivity contribution is 9.10. The molecule has 1 aromatic rings. The second kappa shape index (κ2) is 8.89. The van der Waals surface area contributed by atoms with Crippen molar-refractivity contribution in [2.24, 2.45) is 4.99 Å². The van der Waals surface area contributed by atoms with Gasteiger partial charge in [-0.1, -0.05) is 33.6 Å². The summed E-state index contributed by atoms with van der Waals surface area (Å²) in [7, 11) is 3.44. The maximum atomic E-state index is 11.6. The van der Waals surface area contributed by atoms with Gasteiger partial charge in [-0.05, 0) is 24.6 Å². The Kier molecular flexibility index (Phi) is 7.53. The van der Waals surface area contributed by atoms with E-state index in [0.29, 0.717) is 17.5 Å². The van der Waals surface area contributed by atoms with Gasteiger partial charge in [0.1, 0.15) is 0 Å². The van der Waals surface area contributed by atoms with E-state index in [2.05, 4.69) is 31.6 Å². The molecule has 0 spiro atoms. The number of guanidine groups is 1. The van der Waals surface area contributed by atoms with Gasteiger partial charge in [0.05, 0.1) is 13.1 Å². The Bertz CT molecular complexity index is 520. The second-order valence-corrected chi connectivity index (χ2v) is 5.90. The van der Waals surface area contributed by atoms with Crippen LogP contribution < -0.4 is 10.6 Å². The van der Waals surface area contributed by atoms with Crippen LogP contribution in [0, 0.1) is 0 Å². The summed E-state index contributed by atoms with van der Waals surface area (Å²) in [6.45, 7) is 3.33. The zero-order valence-electron chi connectivity index (χ0n) is 12.4. The molecule has 0 aliphatic rings. The van der Waals surface area contributed by atoms with E-state index >= 15 is 0 Å². The van der Waals surface area contributed by atoms with Crippen LogP contribution in [0.3, 0.4) is 0 Å².